The lowest BCUT2D eigenvalue weighted by molar-refractivity contribution is -0.385. The van der Waals surface area contributed by atoms with Crippen molar-refractivity contribution in [3.63, 3.8) is 0 Å². The van der Waals surface area contributed by atoms with Crippen molar-refractivity contribution in [2.45, 2.75) is 44.5 Å². The van der Waals surface area contributed by atoms with Gasteiger partial charge in [-0.3, -0.25) is 14.9 Å². The normalized spacial score (nSPS) is 29.1. The van der Waals surface area contributed by atoms with E-state index in [9.17, 15) is 30.2 Å². The molecule has 10 nitrogen and oxygen atoms in total. The van der Waals surface area contributed by atoms with Gasteiger partial charge in [-0.1, -0.05) is 0 Å². The van der Waals surface area contributed by atoms with Gasteiger partial charge in [-0.2, -0.15) is 0 Å². The SMILES string of the molecule is CC(=O)N[C@H]1[C@H](Oc2ccc([N+](=O)[O-])c(C)c2)O[C@H](CO)[C@@H](O)[C@@H]1O. The Kier molecular flexibility index (Phi) is 5.90. The van der Waals surface area contributed by atoms with Crippen LogP contribution >= 0.6 is 0 Å². The molecule has 1 aromatic rings. The molecule has 0 aliphatic carbocycles. The lowest BCUT2D eigenvalue weighted by atomic mass is 9.97. The molecule has 4 N–H and O–H groups in total. The minimum Gasteiger partial charge on any atom is -0.463 e. The van der Waals surface area contributed by atoms with Crippen LogP contribution in [0.3, 0.4) is 0 Å². The number of nitrogens with zero attached hydrogens (tertiary/aromatic N) is 1. The number of benzene rings is 1. The highest BCUT2D eigenvalue weighted by atomic mass is 16.7. The van der Waals surface area contributed by atoms with Crippen LogP contribution in [0.4, 0.5) is 5.69 Å². The lowest BCUT2D eigenvalue weighted by Crippen LogP contribution is -2.65. The summed E-state index contributed by atoms with van der Waals surface area (Å²) in [6.07, 6.45) is -5.16. The molecule has 1 amide bonds. The van der Waals surface area contributed by atoms with E-state index >= 15 is 0 Å². The van der Waals surface area contributed by atoms with Crippen molar-refractivity contribution >= 4 is 11.6 Å². The van der Waals surface area contributed by atoms with Crippen LogP contribution < -0.4 is 10.1 Å². The summed E-state index contributed by atoms with van der Waals surface area (Å²) in [5.74, 6) is -0.264. The molecule has 10 heteroatoms. The topological polar surface area (TPSA) is 151 Å². The van der Waals surface area contributed by atoms with E-state index in [-0.39, 0.29) is 11.4 Å². The number of amides is 1. The van der Waals surface area contributed by atoms with Crippen LogP contribution in [0.15, 0.2) is 18.2 Å². The maximum Gasteiger partial charge on any atom is 0.272 e. The molecule has 1 heterocycles. The predicted octanol–water partition coefficient (Wildman–Crippen LogP) is -0.774. The van der Waals surface area contributed by atoms with Gasteiger partial charge in [-0.25, -0.2) is 0 Å². The number of hydrogen-bond donors (Lipinski definition) is 4. The standard InChI is InChI=1S/C15H20N2O8/c1-7-5-9(3-4-10(7)17(22)23)24-15-12(16-8(2)19)14(21)13(20)11(6-18)25-15/h3-5,11-15,18,20-21H,6H2,1-2H3,(H,16,19)/t11-,12-,13-,14-,15-/m1/s1. The van der Waals surface area contributed by atoms with Crippen molar-refractivity contribution in [2.24, 2.45) is 0 Å². The first-order valence-electron chi connectivity index (χ1n) is 7.56. The lowest BCUT2D eigenvalue weighted by Gasteiger charge is -2.42. The van der Waals surface area contributed by atoms with Gasteiger partial charge in [0.05, 0.1) is 11.5 Å². The summed E-state index contributed by atoms with van der Waals surface area (Å²) >= 11 is 0. The van der Waals surface area contributed by atoms with Gasteiger partial charge in [0, 0.05) is 18.6 Å². The second kappa shape index (κ2) is 7.74. The molecule has 5 atom stereocenters. The first-order chi connectivity index (χ1) is 11.7. The number of rotatable bonds is 5. The number of carbonyl (C=O) groups excluding carboxylic acids is 1. The molecule has 1 saturated heterocycles. The fraction of sp³-hybridized carbons (Fsp3) is 0.533. The van der Waals surface area contributed by atoms with Gasteiger partial charge < -0.3 is 30.1 Å². The Labute approximate surface area is 143 Å². The number of aryl methyl sites for hydroxylation is 1. The third-order valence-electron chi connectivity index (χ3n) is 3.87. The van der Waals surface area contributed by atoms with Crippen LogP contribution in [-0.2, 0) is 9.53 Å². The second-order valence-electron chi connectivity index (χ2n) is 5.76. The van der Waals surface area contributed by atoms with E-state index in [0.717, 1.165) is 0 Å². The zero-order valence-electron chi connectivity index (χ0n) is 13.7. The smallest absolute Gasteiger partial charge is 0.272 e. The first-order valence-corrected chi connectivity index (χ1v) is 7.56. The zero-order chi connectivity index (χ0) is 18.7. The largest absolute Gasteiger partial charge is 0.463 e. The van der Waals surface area contributed by atoms with Crippen molar-refractivity contribution in [3.05, 3.63) is 33.9 Å². The van der Waals surface area contributed by atoms with Crippen LogP contribution in [0, 0.1) is 17.0 Å². The van der Waals surface area contributed by atoms with E-state index in [2.05, 4.69) is 5.32 Å². The number of nitrogens with one attached hydrogen (secondary N) is 1. The zero-order valence-corrected chi connectivity index (χ0v) is 13.7. The molecule has 0 radical (unpaired) electrons. The first kappa shape index (κ1) is 19.1. The van der Waals surface area contributed by atoms with Gasteiger partial charge in [0.1, 0.15) is 30.1 Å². The maximum absolute atomic E-state index is 11.3. The predicted molar refractivity (Wildman–Crippen MR) is 83.8 cm³/mol. The average molecular weight is 356 g/mol. The van der Waals surface area contributed by atoms with Gasteiger partial charge >= 0.3 is 0 Å². The molecule has 0 bridgehead atoms. The molecule has 0 unspecified atom stereocenters. The van der Waals surface area contributed by atoms with Gasteiger partial charge in [0.25, 0.3) is 5.69 Å². The Bertz CT molecular complexity index is 652. The minimum atomic E-state index is -1.43. The number of hydrogen-bond acceptors (Lipinski definition) is 8. The van der Waals surface area contributed by atoms with E-state index in [4.69, 9.17) is 9.47 Å². The summed E-state index contributed by atoms with van der Waals surface area (Å²) in [6, 6.07) is 2.93. The Morgan fingerprint density at radius 3 is 2.60 bits per heavy atom. The molecule has 0 saturated carbocycles. The quantitative estimate of drug-likeness (QED) is 0.396. The van der Waals surface area contributed by atoms with E-state index in [1.165, 1.54) is 32.0 Å². The van der Waals surface area contributed by atoms with Crippen molar-refractivity contribution < 1.29 is 34.5 Å². The third kappa shape index (κ3) is 4.23. The fourth-order valence-corrected chi connectivity index (χ4v) is 2.61. The molecule has 1 fully saturated rings. The Balaban J connectivity index is 2.25. The summed E-state index contributed by atoms with van der Waals surface area (Å²) in [5.41, 5.74) is 0.271. The summed E-state index contributed by atoms with van der Waals surface area (Å²) in [7, 11) is 0. The Hall–Kier alpha value is -2.27. The third-order valence-corrected chi connectivity index (χ3v) is 3.87. The number of aliphatic hydroxyl groups excluding tert-OH is 3. The van der Waals surface area contributed by atoms with Crippen molar-refractivity contribution in [2.75, 3.05) is 6.61 Å². The molecular weight excluding hydrogens is 336 g/mol. The van der Waals surface area contributed by atoms with Gasteiger partial charge in [-0.15, -0.1) is 0 Å². The summed E-state index contributed by atoms with van der Waals surface area (Å²) < 4.78 is 11.0. The van der Waals surface area contributed by atoms with E-state index in [1.54, 1.807) is 0 Å². The summed E-state index contributed by atoms with van der Waals surface area (Å²) in [4.78, 5) is 21.7. The van der Waals surface area contributed by atoms with Gasteiger partial charge in [-0.05, 0) is 19.1 Å². The molecule has 138 valence electrons. The van der Waals surface area contributed by atoms with Gasteiger partial charge in [0.15, 0.2) is 0 Å². The minimum absolute atomic E-state index is 0.0842. The highest BCUT2D eigenvalue weighted by Gasteiger charge is 2.46. The average Bonchev–Trinajstić information content (AvgIpc) is 2.53. The highest BCUT2D eigenvalue weighted by Crippen LogP contribution is 2.27. The number of carbonyl (C=O) groups is 1. The van der Waals surface area contributed by atoms with Crippen LogP contribution in [0.1, 0.15) is 12.5 Å². The Morgan fingerprint density at radius 1 is 1.40 bits per heavy atom. The molecule has 1 aromatic carbocycles. The summed E-state index contributed by atoms with van der Waals surface area (Å²) in [6.45, 7) is 2.20. The number of ether oxygens (including phenoxy) is 2. The number of nitro groups is 1. The fourth-order valence-electron chi connectivity index (χ4n) is 2.61. The van der Waals surface area contributed by atoms with Crippen LogP contribution in [0.25, 0.3) is 0 Å². The number of nitro benzene ring substituents is 1. The molecule has 1 aliphatic rings. The molecule has 25 heavy (non-hydrogen) atoms. The van der Waals surface area contributed by atoms with E-state index < -0.39 is 48.1 Å². The second-order valence-corrected chi connectivity index (χ2v) is 5.76. The molecule has 0 spiro atoms. The van der Waals surface area contributed by atoms with Crippen LogP contribution in [0.5, 0.6) is 5.75 Å². The Morgan fingerprint density at radius 2 is 2.08 bits per heavy atom. The van der Waals surface area contributed by atoms with E-state index in [1.807, 2.05) is 0 Å². The van der Waals surface area contributed by atoms with Crippen LogP contribution in [-0.4, -0.2) is 63.4 Å². The molecule has 1 aliphatic heterocycles. The maximum atomic E-state index is 11.3. The van der Waals surface area contributed by atoms with Crippen molar-refractivity contribution in [3.8, 4) is 5.75 Å². The highest BCUT2D eigenvalue weighted by molar-refractivity contribution is 5.73. The molecule has 0 aromatic heterocycles. The number of aliphatic hydroxyl groups is 3. The van der Waals surface area contributed by atoms with Crippen LogP contribution in [0.2, 0.25) is 0 Å². The monoisotopic (exact) mass is 356 g/mol. The summed E-state index contributed by atoms with van der Waals surface area (Å²) in [5, 5.41) is 42.7. The van der Waals surface area contributed by atoms with E-state index in [0.29, 0.717) is 5.56 Å². The van der Waals surface area contributed by atoms with Crippen molar-refractivity contribution in [1.82, 2.24) is 5.32 Å². The van der Waals surface area contributed by atoms with Crippen molar-refractivity contribution in [1.29, 1.82) is 0 Å². The van der Waals surface area contributed by atoms with Gasteiger partial charge in [0.2, 0.25) is 12.2 Å². The molecule has 2 rings (SSSR count). The molecular formula is C15H20N2O8.